The minimum absolute atomic E-state index is 0.216. The molecule has 1 unspecified atom stereocenters. The van der Waals surface area contributed by atoms with Crippen LogP contribution in [0.1, 0.15) is 19.3 Å². The molecule has 0 aliphatic carbocycles. The number of amides is 1. The fourth-order valence-electron chi connectivity index (χ4n) is 1.44. The number of carbonyl (C=O) groups excluding carboxylic acids is 1. The molecule has 0 spiro atoms. The molecule has 15 heavy (non-hydrogen) atoms. The number of hydrogen-bond donors (Lipinski definition) is 2. The molecule has 0 bridgehead atoms. The molecule has 1 rings (SSSR count). The van der Waals surface area contributed by atoms with Gasteiger partial charge in [0.05, 0.1) is 0 Å². The van der Waals surface area contributed by atoms with Crippen LogP contribution in [0.3, 0.4) is 0 Å². The Kier molecular flexibility index (Phi) is 4.30. The first-order valence-corrected chi connectivity index (χ1v) is 4.91. The van der Waals surface area contributed by atoms with Crippen LogP contribution in [0, 0.1) is 0 Å². The summed E-state index contributed by atoms with van der Waals surface area (Å²) in [6, 6.07) is -0.904. The zero-order valence-corrected chi connectivity index (χ0v) is 8.44. The Balaban J connectivity index is 2.45. The molecule has 1 aliphatic rings. The molecule has 1 aliphatic heterocycles. The first-order chi connectivity index (χ1) is 7.15. The van der Waals surface area contributed by atoms with Gasteiger partial charge in [0.15, 0.2) is 0 Å². The zero-order chi connectivity index (χ0) is 11.3. The Morgan fingerprint density at radius 2 is 2.40 bits per heavy atom. The largest absolute Gasteiger partial charge is 0.480 e. The standard InChI is InChI=1S/C10H15NO4/c1-2-4-7(10(13)14)11-9(12)8-5-3-6-15-8/h2,7-8H,1,3-6H2,(H,11,12)(H,13,14)/t7?,8-/m1/s1. The van der Waals surface area contributed by atoms with Gasteiger partial charge in [-0.3, -0.25) is 4.79 Å². The van der Waals surface area contributed by atoms with Gasteiger partial charge in [-0.25, -0.2) is 4.79 Å². The highest BCUT2D eigenvalue weighted by atomic mass is 16.5. The van der Waals surface area contributed by atoms with Gasteiger partial charge < -0.3 is 15.2 Å². The molecule has 0 aromatic rings. The van der Waals surface area contributed by atoms with Gasteiger partial charge in [0, 0.05) is 6.61 Å². The Hall–Kier alpha value is -1.36. The fraction of sp³-hybridized carbons (Fsp3) is 0.600. The van der Waals surface area contributed by atoms with E-state index in [4.69, 9.17) is 9.84 Å². The van der Waals surface area contributed by atoms with Crippen molar-refractivity contribution >= 4 is 11.9 Å². The molecule has 1 amide bonds. The predicted octanol–water partition coefficient (Wildman–Crippen LogP) is 0.311. The summed E-state index contributed by atoms with van der Waals surface area (Å²) >= 11 is 0. The van der Waals surface area contributed by atoms with Gasteiger partial charge >= 0.3 is 5.97 Å². The third-order valence-electron chi connectivity index (χ3n) is 2.24. The summed E-state index contributed by atoms with van der Waals surface area (Å²) in [4.78, 5) is 22.2. The lowest BCUT2D eigenvalue weighted by Gasteiger charge is -2.15. The third-order valence-corrected chi connectivity index (χ3v) is 2.24. The van der Waals surface area contributed by atoms with Crippen molar-refractivity contribution < 1.29 is 19.4 Å². The molecule has 1 heterocycles. The number of hydrogen-bond acceptors (Lipinski definition) is 3. The van der Waals surface area contributed by atoms with Crippen molar-refractivity contribution in [1.29, 1.82) is 0 Å². The summed E-state index contributed by atoms with van der Waals surface area (Å²) in [5.41, 5.74) is 0. The van der Waals surface area contributed by atoms with Crippen molar-refractivity contribution in [3.63, 3.8) is 0 Å². The van der Waals surface area contributed by atoms with Gasteiger partial charge in [0.2, 0.25) is 5.91 Å². The summed E-state index contributed by atoms with van der Waals surface area (Å²) in [5.74, 6) is -1.40. The van der Waals surface area contributed by atoms with E-state index in [0.717, 1.165) is 6.42 Å². The Morgan fingerprint density at radius 1 is 1.67 bits per heavy atom. The summed E-state index contributed by atoms with van der Waals surface area (Å²) in [5, 5.41) is 11.2. The van der Waals surface area contributed by atoms with E-state index in [0.29, 0.717) is 13.0 Å². The quantitative estimate of drug-likeness (QED) is 0.644. The van der Waals surface area contributed by atoms with Crippen LogP contribution in [-0.2, 0) is 14.3 Å². The average Bonchev–Trinajstić information content (AvgIpc) is 2.69. The minimum atomic E-state index is -1.05. The highest BCUT2D eigenvalue weighted by Crippen LogP contribution is 2.12. The SMILES string of the molecule is C=CCC(NC(=O)[C@H]1CCCO1)C(=O)O. The number of carbonyl (C=O) groups is 2. The van der Waals surface area contributed by atoms with Gasteiger partial charge in [-0.15, -0.1) is 6.58 Å². The van der Waals surface area contributed by atoms with Crippen molar-refractivity contribution in [3.8, 4) is 0 Å². The highest BCUT2D eigenvalue weighted by Gasteiger charge is 2.27. The Morgan fingerprint density at radius 3 is 2.87 bits per heavy atom. The van der Waals surface area contributed by atoms with Crippen LogP contribution in [0.2, 0.25) is 0 Å². The lowest BCUT2D eigenvalue weighted by Crippen LogP contribution is -2.45. The van der Waals surface area contributed by atoms with E-state index < -0.39 is 18.1 Å². The van der Waals surface area contributed by atoms with Crippen molar-refractivity contribution in [2.75, 3.05) is 6.61 Å². The molecular weight excluding hydrogens is 198 g/mol. The average molecular weight is 213 g/mol. The number of nitrogens with one attached hydrogen (secondary N) is 1. The highest BCUT2D eigenvalue weighted by molar-refractivity contribution is 5.86. The molecule has 2 N–H and O–H groups in total. The van der Waals surface area contributed by atoms with E-state index in [1.165, 1.54) is 6.08 Å². The maximum absolute atomic E-state index is 11.5. The fourth-order valence-corrected chi connectivity index (χ4v) is 1.44. The molecule has 1 fully saturated rings. The summed E-state index contributed by atoms with van der Waals surface area (Å²) in [7, 11) is 0. The smallest absolute Gasteiger partial charge is 0.326 e. The van der Waals surface area contributed by atoms with Crippen molar-refractivity contribution in [2.24, 2.45) is 0 Å². The Bertz CT molecular complexity index is 258. The topological polar surface area (TPSA) is 75.6 Å². The van der Waals surface area contributed by atoms with E-state index in [1.54, 1.807) is 0 Å². The van der Waals surface area contributed by atoms with E-state index in [1.807, 2.05) is 0 Å². The van der Waals surface area contributed by atoms with E-state index in [-0.39, 0.29) is 12.3 Å². The lowest BCUT2D eigenvalue weighted by molar-refractivity contribution is -0.143. The van der Waals surface area contributed by atoms with Crippen molar-refractivity contribution in [2.45, 2.75) is 31.4 Å². The monoisotopic (exact) mass is 213 g/mol. The van der Waals surface area contributed by atoms with Crippen LogP contribution in [0.15, 0.2) is 12.7 Å². The van der Waals surface area contributed by atoms with Gasteiger partial charge in [-0.1, -0.05) is 6.08 Å². The number of rotatable bonds is 5. The normalized spacial score (nSPS) is 22.0. The van der Waals surface area contributed by atoms with Gasteiger partial charge in [0.25, 0.3) is 0 Å². The first-order valence-electron chi connectivity index (χ1n) is 4.91. The first kappa shape index (κ1) is 11.7. The third kappa shape index (κ3) is 3.36. The van der Waals surface area contributed by atoms with Gasteiger partial charge in [-0.05, 0) is 19.3 Å². The van der Waals surface area contributed by atoms with E-state index >= 15 is 0 Å². The molecule has 0 aromatic carbocycles. The molecule has 84 valence electrons. The molecule has 0 radical (unpaired) electrons. The van der Waals surface area contributed by atoms with E-state index in [2.05, 4.69) is 11.9 Å². The number of ether oxygens (including phenoxy) is 1. The number of carboxylic acids is 1. The van der Waals surface area contributed by atoms with Crippen LogP contribution >= 0.6 is 0 Å². The molecule has 1 saturated heterocycles. The maximum Gasteiger partial charge on any atom is 0.326 e. The molecule has 2 atom stereocenters. The lowest BCUT2D eigenvalue weighted by atomic mass is 10.1. The maximum atomic E-state index is 11.5. The van der Waals surface area contributed by atoms with Crippen LogP contribution in [0.4, 0.5) is 0 Å². The molecule has 5 heteroatoms. The molecule has 5 nitrogen and oxygen atoms in total. The second-order valence-corrected chi connectivity index (χ2v) is 3.43. The van der Waals surface area contributed by atoms with Crippen LogP contribution in [0.25, 0.3) is 0 Å². The second kappa shape index (κ2) is 5.50. The van der Waals surface area contributed by atoms with Crippen LogP contribution in [0.5, 0.6) is 0 Å². The molecule has 0 aromatic heterocycles. The Labute approximate surface area is 88.1 Å². The summed E-state index contributed by atoms with van der Waals surface area (Å²) < 4.78 is 5.14. The number of carboxylic acid groups (broad SMARTS) is 1. The van der Waals surface area contributed by atoms with Crippen LogP contribution in [-0.4, -0.2) is 35.7 Å². The number of aliphatic carboxylic acids is 1. The van der Waals surface area contributed by atoms with Crippen molar-refractivity contribution in [1.82, 2.24) is 5.32 Å². The second-order valence-electron chi connectivity index (χ2n) is 3.43. The van der Waals surface area contributed by atoms with E-state index in [9.17, 15) is 9.59 Å². The van der Waals surface area contributed by atoms with Crippen LogP contribution < -0.4 is 5.32 Å². The predicted molar refractivity (Wildman–Crippen MR) is 53.4 cm³/mol. The zero-order valence-electron chi connectivity index (χ0n) is 8.44. The summed E-state index contributed by atoms with van der Waals surface area (Å²) in [6.45, 7) is 4.01. The van der Waals surface area contributed by atoms with Gasteiger partial charge in [0.1, 0.15) is 12.1 Å². The molecule has 0 saturated carbocycles. The minimum Gasteiger partial charge on any atom is -0.480 e. The summed E-state index contributed by atoms with van der Waals surface area (Å²) in [6.07, 6.45) is 2.70. The van der Waals surface area contributed by atoms with Gasteiger partial charge in [-0.2, -0.15) is 0 Å². The van der Waals surface area contributed by atoms with Crippen molar-refractivity contribution in [3.05, 3.63) is 12.7 Å². The molecular formula is C10H15NO4.